The summed E-state index contributed by atoms with van der Waals surface area (Å²) in [5, 5.41) is 3.25. The highest BCUT2D eigenvalue weighted by Gasteiger charge is 1.99. The molecule has 0 radical (unpaired) electrons. The second-order valence-corrected chi connectivity index (χ2v) is 4.36. The predicted molar refractivity (Wildman–Crippen MR) is 76.4 cm³/mol. The zero-order chi connectivity index (χ0) is 13.0. The van der Waals surface area contributed by atoms with Gasteiger partial charge in [-0.2, -0.15) is 0 Å². The van der Waals surface area contributed by atoms with Crippen LogP contribution in [0.3, 0.4) is 0 Å². The van der Waals surface area contributed by atoms with Crippen LogP contribution in [-0.2, 0) is 6.54 Å². The van der Waals surface area contributed by atoms with E-state index >= 15 is 0 Å². The van der Waals surface area contributed by atoms with E-state index in [1.807, 2.05) is 31.2 Å². The Kier molecular flexibility index (Phi) is 3.84. The molecular formula is C13H14N4S. The number of aromatic nitrogens is 2. The second kappa shape index (κ2) is 5.55. The van der Waals surface area contributed by atoms with Crippen molar-refractivity contribution in [3.63, 3.8) is 0 Å². The minimum atomic E-state index is 0.307. The largest absolute Gasteiger partial charge is 0.388 e. The molecule has 2 aromatic heterocycles. The molecule has 0 unspecified atom stereocenters. The minimum Gasteiger partial charge on any atom is -0.388 e. The Labute approximate surface area is 111 Å². The van der Waals surface area contributed by atoms with Crippen LogP contribution < -0.4 is 11.1 Å². The number of nitrogens with two attached hydrogens (primary N) is 1. The monoisotopic (exact) mass is 258 g/mol. The maximum atomic E-state index is 5.48. The fourth-order valence-electron chi connectivity index (χ4n) is 1.53. The Morgan fingerprint density at radius 1 is 1.33 bits per heavy atom. The van der Waals surface area contributed by atoms with Crippen molar-refractivity contribution in [3.8, 4) is 0 Å². The smallest absolute Gasteiger partial charge is 0.122 e. The molecule has 18 heavy (non-hydrogen) atoms. The minimum absolute atomic E-state index is 0.307. The molecule has 0 amide bonds. The number of thiocarbonyl (C=S) groups is 1. The molecule has 0 bridgehead atoms. The molecule has 2 aromatic rings. The summed E-state index contributed by atoms with van der Waals surface area (Å²) in [7, 11) is 0. The van der Waals surface area contributed by atoms with Crippen molar-refractivity contribution < 1.29 is 0 Å². The molecule has 0 atom stereocenters. The molecule has 92 valence electrons. The Bertz CT molecular complexity index is 551. The highest BCUT2D eigenvalue weighted by atomic mass is 32.1. The summed E-state index contributed by atoms with van der Waals surface area (Å²) < 4.78 is 0. The molecule has 0 aromatic carbocycles. The van der Waals surface area contributed by atoms with E-state index in [4.69, 9.17) is 18.0 Å². The molecule has 2 heterocycles. The van der Waals surface area contributed by atoms with Gasteiger partial charge in [0.25, 0.3) is 0 Å². The maximum absolute atomic E-state index is 5.48. The summed E-state index contributed by atoms with van der Waals surface area (Å²) in [5.74, 6) is 0. The molecule has 0 fully saturated rings. The molecule has 0 aliphatic carbocycles. The third-order valence-electron chi connectivity index (χ3n) is 2.44. The predicted octanol–water partition coefficient (Wildman–Crippen LogP) is 2.03. The third-order valence-corrected chi connectivity index (χ3v) is 2.64. The Morgan fingerprint density at radius 3 is 2.78 bits per heavy atom. The SMILES string of the molecule is Cc1cccc(CNc2ccc(C(N)=S)nc2)n1. The first-order chi connectivity index (χ1) is 8.65. The fraction of sp³-hybridized carbons (Fsp3) is 0.154. The molecule has 0 saturated heterocycles. The summed E-state index contributed by atoms with van der Waals surface area (Å²) in [6, 6.07) is 9.65. The van der Waals surface area contributed by atoms with E-state index in [9.17, 15) is 0 Å². The van der Waals surface area contributed by atoms with E-state index < -0.39 is 0 Å². The van der Waals surface area contributed by atoms with Gasteiger partial charge in [-0.15, -0.1) is 0 Å². The molecule has 5 heteroatoms. The lowest BCUT2D eigenvalue weighted by Crippen LogP contribution is -2.11. The van der Waals surface area contributed by atoms with Gasteiger partial charge < -0.3 is 11.1 Å². The number of pyridine rings is 2. The van der Waals surface area contributed by atoms with Crippen molar-refractivity contribution >= 4 is 22.9 Å². The van der Waals surface area contributed by atoms with E-state index in [1.165, 1.54) is 0 Å². The van der Waals surface area contributed by atoms with Crippen LogP contribution in [-0.4, -0.2) is 15.0 Å². The van der Waals surface area contributed by atoms with Gasteiger partial charge in [0.05, 0.1) is 29.8 Å². The van der Waals surface area contributed by atoms with Gasteiger partial charge in [-0.25, -0.2) is 0 Å². The number of aryl methyl sites for hydroxylation is 1. The lowest BCUT2D eigenvalue weighted by Gasteiger charge is -2.06. The van der Waals surface area contributed by atoms with Crippen LogP contribution in [0.25, 0.3) is 0 Å². The molecule has 0 aliphatic heterocycles. The molecule has 4 nitrogen and oxygen atoms in total. The summed E-state index contributed by atoms with van der Waals surface area (Å²) >= 11 is 4.85. The van der Waals surface area contributed by atoms with Crippen molar-refractivity contribution in [2.24, 2.45) is 5.73 Å². The summed E-state index contributed by atoms with van der Waals surface area (Å²) in [4.78, 5) is 8.88. The number of hydrogen-bond donors (Lipinski definition) is 2. The standard InChI is InChI=1S/C13H14N4S/c1-9-3-2-4-11(17-9)8-15-10-5-6-12(13(14)18)16-7-10/h2-7,15H,8H2,1H3,(H2,14,18). The topological polar surface area (TPSA) is 63.8 Å². The fourth-order valence-corrected chi connectivity index (χ4v) is 1.66. The number of rotatable bonds is 4. The van der Waals surface area contributed by atoms with Gasteiger partial charge in [0, 0.05) is 5.69 Å². The zero-order valence-electron chi connectivity index (χ0n) is 10.1. The van der Waals surface area contributed by atoms with E-state index in [1.54, 1.807) is 12.3 Å². The summed E-state index contributed by atoms with van der Waals surface area (Å²) in [5.41, 5.74) is 9.03. The van der Waals surface area contributed by atoms with Crippen LogP contribution in [0.1, 0.15) is 17.1 Å². The molecule has 2 rings (SSSR count). The van der Waals surface area contributed by atoms with Crippen LogP contribution >= 0.6 is 12.2 Å². The first kappa shape index (κ1) is 12.4. The van der Waals surface area contributed by atoms with Crippen LogP contribution in [0, 0.1) is 6.92 Å². The first-order valence-corrected chi connectivity index (χ1v) is 5.98. The van der Waals surface area contributed by atoms with Gasteiger partial charge in [0.1, 0.15) is 4.99 Å². The van der Waals surface area contributed by atoms with Crippen molar-refractivity contribution in [1.82, 2.24) is 9.97 Å². The van der Waals surface area contributed by atoms with Gasteiger partial charge in [0.2, 0.25) is 0 Å². The number of nitrogens with zero attached hydrogens (tertiary/aromatic N) is 2. The lowest BCUT2D eigenvalue weighted by atomic mass is 10.3. The van der Waals surface area contributed by atoms with E-state index in [0.717, 1.165) is 17.1 Å². The van der Waals surface area contributed by atoms with Crippen LogP contribution in [0.2, 0.25) is 0 Å². The van der Waals surface area contributed by atoms with Crippen LogP contribution in [0.4, 0.5) is 5.69 Å². The van der Waals surface area contributed by atoms with E-state index in [-0.39, 0.29) is 0 Å². The average Bonchev–Trinajstić information content (AvgIpc) is 2.37. The first-order valence-electron chi connectivity index (χ1n) is 5.57. The average molecular weight is 258 g/mol. The van der Waals surface area contributed by atoms with Gasteiger partial charge in [-0.3, -0.25) is 9.97 Å². The Morgan fingerprint density at radius 2 is 2.17 bits per heavy atom. The van der Waals surface area contributed by atoms with E-state index in [0.29, 0.717) is 17.2 Å². The lowest BCUT2D eigenvalue weighted by molar-refractivity contribution is 1.01. The number of anilines is 1. The quantitative estimate of drug-likeness (QED) is 0.822. The van der Waals surface area contributed by atoms with Crippen molar-refractivity contribution in [2.45, 2.75) is 13.5 Å². The molecule has 3 N–H and O–H groups in total. The van der Waals surface area contributed by atoms with Gasteiger partial charge in [-0.05, 0) is 31.2 Å². The number of hydrogen-bond acceptors (Lipinski definition) is 4. The highest BCUT2D eigenvalue weighted by molar-refractivity contribution is 7.80. The Hall–Kier alpha value is -2.01. The van der Waals surface area contributed by atoms with Gasteiger partial charge in [-0.1, -0.05) is 18.3 Å². The third kappa shape index (κ3) is 3.24. The second-order valence-electron chi connectivity index (χ2n) is 3.92. The zero-order valence-corrected chi connectivity index (χ0v) is 10.9. The van der Waals surface area contributed by atoms with Crippen LogP contribution in [0.5, 0.6) is 0 Å². The van der Waals surface area contributed by atoms with E-state index in [2.05, 4.69) is 15.3 Å². The highest BCUT2D eigenvalue weighted by Crippen LogP contribution is 2.08. The number of nitrogens with one attached hydrogen (secondary N) is 1. The molecule has 0 saturated carbocycles. The Balaban J connectivity index is 2.00. The van der Waals surface area contributed by atoms with Crippen molar-refractivity contribution in [2.75, 3.05) is 5.32 Å². The molecular weight excluding hydrogens is 244 g/mol. The summed E-state index contributed by atoms with van der Waals surface area (Å²) in [6.07, 6.45) is 1.71. The van der Waals surface area contributed by atoms with Crippen molar-refractivity contribution in [3.05, 3.63) is 53.6 Å². The van der Waals surface area contributed by atoms with Crippen molar-refractivity contribution in [1.29, 1.82) is 0 Å². The van der Waals surface area contributed by atoms with Gasteiger partial charge in [0.15, 0.2) is 0 Å². The summed E-state index contributed by atoms with van der Waals surface area (Å²) in [6.45, 7) is 2.64. The van der Waals surface area contributed by atoms with Crippen LogP contribution in [0.15, 0.2) is 36.5 Å². The normalized spacial score (nSPS) is 10.1. The molecule has 0 spiro atoms. The van der Waals surface area contributed by atoms with Gasteiger partial charge >= 0.3 is 0 Å². The maximum Gasteiger partial charge on any atom is 0.122 e. The molecule has 0 aliphatic rings.